The van der Waals surface area contributed by atoms with Crippen molar-refractivity contribution < 1.29 is 14.7 Å². The summed E-state index contributed by atoms with van der Waals surface area (Å²) in [5.41, 5.74) is 2.46. The number of amides is 2. The van der Waals surface area contributed by atoms with Crippen LogP contribution in [0.2, 0.25) is 5.02 Å². The van der Waals surface area contributed by atoms with E-state index in [1.165, 1.54) is 11.3 Å². The molecule has 1 heterocycles. The Morgan fingerprint density at radius 1 is 1.04 bits per heavy atom. The van der Waals surface area contributed by atoms with Gasteiger partial charge in [-0.2, -0.15) is 0 Å². The number of nitrogens with one attached hydrogen (secondary N) is 2. The molecule has 2 amide bonds. The Kier molecular flexibility index (Phi) is 6.11. The monoisotopic (exact) mass is 400 g/mol. The maximum atomic E-state index is 12.1. The molecule has 0 saturated carbocycles. The number of carbonyl (C=O) groups is 2. The Morgan fingerprint density at radius 3 is 2.41 bits per heavy atom. The Labute approximate surface area is 165 Å². The van der Waals surface area contributed by atoms with Crippen LogP contribution in [-0.2, 0) is 6.42 Å². The normalized spacial score (nSPS) is 10.4. The van der Waals surface area contributed by atoms with Crippen molar-refractivity contribution in [2.45, 2.75) is 6.42 Å². The molecule has 0 atom stereocenters. The molecule has 3 N–H and O–H groups in total. The van der Waals surface area contributed by atoms with E-state index >= 15 is 0 Å². The number of hydrogen-bond acceptors (Lipinski definition) is 3. The number of rotatable bonds is 6. The van der Waals surface area contributed by atoms with Crippen LogP contribution in [0.1, 0.15) is 15.9 Å². The van der Waals surface area contributed by atoms with Crippen LogP contribution in [-0.4, -0.2) is 23.7 Å². The molecule has 3 rings (SSSR count). The SMILES string of the molecule is O=C(NCCc1ccccc1)Nc1scc(-c2ccc(Cl)cc2)c1C(=O)O. The lowest BCUT2D eigenvalue weighted by Gasteiger charge is -2.08. The van der Waals surface area contributed by atoms with E-state index in [0.717, 1.165) is 11.1 Å². The number of urea groups is 1. The largest absolute Gasteiger partial charge is 0.478 e. The van der Waals surface area contributed by atoms with Crippen molar-refractivity contribution in [2.75, 3.05) is 11.9 Å². The highest BCUT2D eigenvalue weighted by atomic mass is 35.5. The maximum Gasteiger partial charge on any atom is 0.339 e. The van der Waals surface area contributed by atoms with Gasteiger partial charge < -0.3 is 10.4 Å². The molecule has 2 aromatic carbocycles. The maximum absolute atomic E-state index is 12.1. The van der Waals surface area contributed by atoms with Crippen LogP contribution in [0.4, 0.5) is 9.80 Å². The lowest BCUT2D eigenvalue weighted by atomic mass is 10.0. The molecule has 3 aromatic rings. The zero-order chi connectivity index (χ0) is 19.2. The summed E-state index contributed by atoms with van der Waals surface area (Å²) in [5.74, 6) is -1.10. The highest BCUT2D eigenvalue weighted by molar-refractivity contribution is 7.15. The van der Waals surface area contributed by atoms with E-state index in [0.29, 0.717) is 28.6 Å². The second kappa shape index (κ2) is 8.70. The van der Waals surface area contributed by atoms with Gasteiger partial charge in [-0.3, -0.25) is 5.32 Å². The highest BCUT2D eigenvalue weighted by Gasteiger charge is 2.21. The number of anilines is 1. The number of thiophene rings is 1. The number of halogens is 1. The number of benzene rings is 2. The first kappa shape index (κ1) is 18.9. The fraction of sp³-hybridized carbons (Fsp3) is 0.100. The molecule has 1 aromatic heterocycles. The van der Waals surface area contributed by atoms with Crippen molar-refractivity contribution in [1.82, 2.24) is 5.32 Å². The number of carbonyl (C=O) groups excluding carboxylic acids is 1. The van der Waals surface area contributed by atoms with Crippen LogP contribution in [0, 0.1) is 0 Å². The minimum atomic E-state index is -1.10. The average molecular weight is 401 g/mol. The van der Waals surface area contributed by atoms with E-state index in [-0.39, 0.29) is 5.56 Å². The molecular weight excluding hydrogens is 384 g/mol. The summed E-state index contributed by atoms with van der Waals surface area (Å²) < 4.78 is 0. The highest BCUT2D eigenvalue weighted by Crippen LogP contribution is 2.36. The number of carboxylic acid groups (broad SMARTS) is 1. The van der Waals surface area contributed by atoms with E-state index in [1.54, 1.807) is 29.6 Å². The predicted molar refractivity (Wildman–Crippen MR) is 109 cm³/mol. The Morgan fingerprint density at radius 2 is 1.74 bits per heavy atom. The predicted octanol–water partition coefficient (Wildman–Crippen LogP) is 5.13. The van der Waals surface area contributed by atoms with Crippen LogP contribution in [0.5, 0.6) is 0 Å². The zero-order valence-corrected chi connectivity index (χ0v) is 15.8. The smallest absolute Gasteiger partial charge is 0.339 e. The van der Waals surface area contributed by atoms with Gasteiger partial charge in [0.25, 0.3) is 0 Å². The Hall–Kier alpha value is -2.83. The molecule has 0 aliphatic carbocycles. The van der Waals surface area contributed by atoms with E-state index in [1.807, 2.05) is 30.3 Å². The standard InChI is InChI=1S/C20H17ClN2O3S/c21-15-8-6-14(7-9-15)16-12-27-18(17(16)19(24)25)23-20(26)22-11-10-13-4-2-1-3-5-13/h1-9,12H,10-11H2,(H,24,25)(H2,22,23,26). The van der Waals surface area contributed by atoms with Crippen LogP contribution in [0.15, 0.2) is 60.0 Å². The van der Waals surface area contributed by atoms with E-state index < -0.39 is 12.0 Å². The van der Waals surface area contributed by atoms with Crippen LogP contribution in [0.25, 0.3) is 11.1 Å². The van der Waals surface area contributed by atoms with E-state index in [2.05, 4.69) is 10.6 Å². The molecule has 138 valence electrons. The van der Waals surface area contributed by atoms with Gasteiger partial charge in [0.1, 0.15) is 10.6 Å². The topological polar surface area (TPSA) is 78.4 Å². The summed E-state index contributed by atoms with van der Waals surface area (Å²) in [6.07, 6.45) is 0.695. The fourth-order valence-corrected chi connectivity index (χ4v) is 3.70. The summed E-state index contributed by atoms with van der Waals surface area (Å²) in [6, 6.07) is 16.3. The first-order valence-electron chi connectivity index (χ1n) is 8.24. The molecule has 0 aliphatic heterocycles. The number of carboxylic acids is 1. The van der Waals surface area contributed by atoms with Crippen molar-refractivity contribution in [3.05, 3.63) is 76.1 Å². The molecule has 0 unspecified atom stereocenters. The third-order valence-electron chi connectivity index (χ3n) is 3.93. The molecular formula is C20H17ClN2O3S. The van der Waals surface area contributed by atoms with E-state index in [4.69, 9.17) is 11.6 Å². The van der Waals surface area contributed by atoms with Gasteiger partial charge in [-0.25, -0.2) is 9.59 Å². The van der Waals surface area contributed by atoms with E-state index in [9.17, 15) is 14.7 Å². The summed E-state index contributed by atoms with van der Waals surface area (Å²) in [4.78, 5) is 23.9. The van der Waals surface area contributed by atoms with Gasteiger partial charge in [-0.05, 0) is 29.7 Å². The molecule has 0 aliphatic rings. The summed E-state index contributed by atoms with van der Waals surface area (Å²) in [7, 11) is 0. The summed E-state index contributed by atoms with van der Waals surface area (Å²) >= 11 is 7.07. The van der Waals surface area contributed by atoms with Gasteiger partial charge in [0.05, 0.1) is 0 Å². The second-order valence-corrected chi connectivity index (χ2v) is 7.10. The lowest BCUT2D eigenvalue weighted by molar-refractivity contribution is 0.0699. The molecule has 0 bridgehead atoms. The van der Waals surface area contributed by atoms with Gasteiger partial charge in [0.2, 0.25) is 0 Å². The van der Waals surface area contributed by atoms with Gasteiger partial charge >= 0.3 is 12.0 Å². The molecule has 5 nitrogen and oxygen atoms in total. The van der Waals surface area contributed by atoms with Crippen molar-refractivity contribution in [1.29, 1.82) is 0 Å². The van der Waals surface area contributed by atoms with Crippen LogP contribution < -0.4 is 10.6 Å². The van der Waals surface area contributed by atoms with Gasteiger partial charge in [-0.15, -0.1) is 11.3 Å². The number of hydrogen-bond donors (Lipinski definition) is 3. The third-order valence-corrected chi connectivity index (χ3v) is 5.08. The average Bonchev–Trinajstić information content (AvgIpc) is 3.07. The first-order chi connectivity index (χ1) is 13.0. The van der Waals surface area contributed by atoms with Gasteiger partial charge in [-0.1, -0.05) is 54.1 Å². The second-order valence-electron chi connectivity index (χ2n) is 5.78. The lowest BCUT2D eigenvalue weighted by Crippen LogP contribution is -2.30. The quantitative estimate of drug-likeness (QED) is 0.536. The molecule has 7 heteroatoms. The zero-order valence-electron chi connectivity index (χ0n) is 14.2. The molecule has 0 spiro atoms. The van der Waals surface area contributed by atoms with Crippen LogP contribution in [0.3, 0.4) is 0 Å². The van der Waals surface area contributed by atoms with Gasteiger partial charge in [0, 0.05) is 22.5 Å². The first-order valence-corrected chi connectivity index (χ1v) is 9.50. The van der Waals surface area contributed by atoms with Crippen LogP contribution >= 0.6 is 22.9 Å². The molecule has 0 saturated heterocycles. The fourth-order valence-electron chi connectivity index (χ4n) is 2.62. The van der Waals surface area contributed by atoms with Crippen molar-refractivity contribution in [3.8, 4) is 11.1 Å². The summed E-state index contributed by atoms with van der Waals surface area (Å²) in [6.45, 7) is 0.452. The Bertz CT molecular complexity index is 940. The number of aromatic carboxylic acids is 1. The minimum absolute atomic E-state index is 0.0699. The van der Waals surface area contributed by atoms with Crippen molar-refractivity contribution in [3.63, 3.8) is 0 Å². The molecule has 27 heavy (non-hydrogen) atoms. The molecule has 0 fully saturated rings. The third kappa shape index (κ3) is 4.87. The Balaban J connectivity index is 1.68. The molecule has 0 radical (unpaired) electrons. The van der Waals surface area contributed by atoms with Crippen molar-refractivity contribution >= 4 is 39.9 Å². The van der Waals surface area contributed by atoms with Gasteiger partial charge in [0.15, 0.2) is 0 Å². The van der Waals surface area contributed by atoms with Crippen molar-refractivity contribution in [2.24, 2.45) is 0 Å². The summed E-state index contributed by atoms with van der Waals surface area (Å²) in [5, 5.41) is 17.6. The minimum Gasteiger partial charge on any atom is -0.478 e.